The van der Waals surface area contributed by atoms with Crippen LogP contribution >= 0.6 is 15.9 Å². The monoisotopic (exact) mass is 339 g/mol. The Morgan fingerprint density at radius 1 is 1.40 bits per heavy atom. The molecule has 3 nitrogen and oxygen atoms in total. The number of nitrogens with zero attached hydrogens (tertiary/aromatic N) is 1. The van der Waals surface area contributed by atoms with Crippen molar-refractivity contribution >= 4 is 22.0 Å². The Morgan fingerprint density at radius 2 is 2.10 bits per heavy atom. The summed E-state index contributed by atoms with van der Waals surface area (Å²) in [5, 5.41) is 0. The van der Waals surface area contributed by atoms with Crippen molar-refractivity contribution in [3.05, 3.63) is 33.8 Å². The molecule has 2 rings (SSSR count). The van der Waals surface area contributed by atoms with Crippen LogP contribution in [0.2, 0.25) is 0 Å². The van der Waals surface area contributed by atoms with Gasteiger partial charge in [-0.3, -0.25) is 0 Å². The van der Waals surface area contributed by atoms with Gasteiger partial charge < -0.3 is 9.64 Å². The zero-order valence-corrected chi connectivity index (χ0v) is 14.2. The minimum absolute atomic E-state index is 0.137. The third-order valence-corrected chi connectivity index (χ3v) is 3.96. The fourth-order valence-corrected chi connectivity index (χ4v) is 3.12. The van der Waals surface area contributed by atoms with E-state index in [1.54, 1.807) is 0 Å². The predicted octanol–water partition coefficient (Wildman–Crippen LogP) is 4.83. The van der Waals surface area contributed by atoms with Gasteiger partial charge in [-0.2, -0.15) is 0 Å². The Morgan fingerprint density at radius 3 is 2.70 bits per heavy atom. The van der Waals surface area contributed by atoms with Crippen LogP contribution in [0, 0.1) is 6.92 Å². The van der Waals surface area contributed by atoms with Crippen molar-refractivity contribution in [1.82, 2.24) is 4.90 Å². The summed E-state index contributed by atoms with van der Waals surface area (Å²) in [6.45, 7) is 8.57. The van der Waals surface area contributed by atoms with Gasteiger partial charge in [0.15, 0.2) is 0 Å². The minimum Gasteiger partial charge on any atom is -0.444 e. The van der Waals surface area contributed by atoms with E-state index in [9.17, 15) is 4.79 Å². The van der Waals surface area contributed by atoms with E-state index in [1.807, 2.05) is 31.7 Å². The van der Waals surface area contributed by atoms with Crippen molar-refractivity contribution in [1.29, 1.82) is 0 Å². The topological polar surface area (TPSA) is 29.5 Å². The molecule has 1 unspecified atom stereocenters. The molecule has 0 saturated carbocycles. The van der Waals surface area contributed by atoms with E-state index in [4.69, 9.17) is 4.74 Å². The molecule has 1 fully saturated rings. The molecule has 1 aromatic rings. The molecule has 1 amide bonds. The van der Waals surface area contributed by atoms with Crippen LogP contribution in [0.1, 0.15) is 50.8 Å². The number of carbonyl (C=O) groups is 1. The van der Waals surface area contributed by atoms with Crippen LogP contribution in [0.25, 0.3) is 0 Å². The predicted molar refractivity (Wildman–Crippen MR) is 83.8 cm³/mol. The van der Waals surface area contributed by atoms with Crippen molar-refractivity contribution in [2.24, 2.45) is 0 Å². The smallest absolute Gasteiger partial charge is 0.410 e. The summed E-state index contributed by atoms with van der Waals surface area (Å²) < 4.78 is 6.58. The quantitative estimate of drug-likeness (QED) is 0.733. The second kappa shape index (κ2) is 5.76. The van der Waals surface area contributed by atoms with E-state index in [0.717, 1.165) is 23.9 Å². The Labute approximate surface area is 129 Å². The molecule has 1 atom stereocenters. The van der Waals surface area contributed by atoms with Crippen LogP contribution in [-0.2, 0) is 4.74 Å². The molecule has 0 radical (unpaired) electrons. The van der Waals surface area contributed by atoms with Gasteiger partial charge in [0, 0.05) is 11.0 Å². The average molecular weight is 340 g/mol. The number of benzene rings is 1. The SMILES string of the molecule is Cc1cc(Br)ccc1C1CCCN1C(=O)OC(C)(C)C. The van der Waals surface area contributed by atoms with E-state index in [0.29, 0.717) is 0 Å². The number of hydrogen-bond acceptors (Lipinski definition) is 2. The number of halogens is 1. The summed E-state index contributed by atoms with van der Waals surface area (Å²) in [5.41, 5.74) is 1.98. The lowest BCUT2D eigenvalue weighted by Gasteiger charge is -2.29. The highest BCUT2D eigenvalue weighted by atomic mass is 79.9. The summed E-state index contributed by atoms with van der Waals surface area (Å²) in [6.07, 6.45) is 1.82. The third-order valence-electron chi connectivity index (χ3n) is 3.47. The maximum absolute atomic E-state index is 12.3. The summed E-state index contributed by atoms with van der Waals surface area (Å²) in [4.78, 5) is 14.2. The summed E-state index contributed by atoms with van der Waals surface area (Å²) in [6, 6.07) is 6.37. The van der Waals surface area contributed by atoms with E-state index in [1.165, 1.54) is 11.1 Å². The van der Waals surface area contributed by atoms with Crippen LogP contribution < -0.4 is 0 Å². The Bertz CT molecular complexity index is 508. The van der Waals surface area contributed by atoms with Gasteiger partial charge in [-0.15, -0.1) is 0 Å². The summed E-state index contributed by atoms with van der Waals surface area (Å²) >= 11 is 3.48. The number of amides is 1. The zero-order chi connectivity index (χ0) is 14.9. The van der Waals surface area contributed by atoms with Gasteiger partial charge in [0.25, 0.3) is 0 Å². The van der Waals surface area contributed by atoms with Gasteiger partial charge in [-0.05, 0) is 63.8 Å². The molecule has 0 aliphatic carbocycles. The van der Waals surface area contributed by atoms with Crippen LogP contribution in [0.15, 0.2) is 22.7 Å². The lowest BCUT2D eigenvalue weighted by molar-refractivity contribution is 0.0224. The number of ether oxygens (including phenoxy) is 1. The zero-order valence-electron chi connectivity index (χ0n) is 12.6. The molecular weight excluding hydrogens is 318 g/mol. The average Bonchev–Trinajstić information content (AvgIpc) is 2.75. The number of rotatable bonds is 1. The van der Waals surface area contributed by atoms with Crippen molar-refractivity contribution in [3.63, 3.8) is 0 Å². The summed E-state index contributed by atoms with van der Waals surface area (Å²) in [7, 11) is 0. The molecule has 20 heavy (non-hydrogen) atoms. The molecular formula is C16H22BrNO2. The van der Waals surface area contributed by atoms with E-state index >= 15 is 0 Å². The number of carbonyl (C=O) groups excluding carboxylic acids is 1. The van der Waals surface area contributed by atoms with E-state index < -0.39 is 5.60 Å². The highest BCUT2D eigenvalue weighted by Crippen LogP contribution is 2.35. The maximum Gasteiger partial charge on any atom is 0.410 e. The molecule has 1 aliphatic heterocycles. The summed E-state index contributed by atoms with van der Waals surface area (Å²) in [5.74, 6) is 0. The normalized spacial score (nSPS) is 19.2. The second-order valence-electron chi connectivity index (χ2n) is 6.33. The Kier molecular flexibility index (Phi) is 4.43. The minimum atomic E-state index is -0.445. The molecule has 0 N–H and O–H groups in total. The van der Waals surface area contributed by atoms with Crippen LogP contribution in [-0.4, -0.2) is 23.1 Å². The fraction of sp³-hybridized carbons (Fsp3) is 0.562. The highest BCUT2D eigenvalue weighted by molar-refractivity contribution is 9.10. The molecule has 4 heteroatoms. The van der Waals surface area contributed by atoms with Gasteiger partial charge >= 0.3 is 6.09 Å². The first-order chi connectivity index (χ1) is 9.28. The van der Waals surface area contributed by atoms with Gasteiger partial charge in [-0.1, -0.05) is 22.0 Å². The van der Waals surface area contributed by atoms with Crippen molar-refractivity contribution in [2.75, 3.05) is 6.54 Å². The lowest BCUT2D eigenvalue weighted by atomic mass is 9.99. The molecule has 1 aromatic carbocycles. The van der Waals surface area contributed by atoms with Crippen molar-refractivity contribution in [3.8, 4) is 0 Å². The van der Waals surface area contributed by atoms with Gasteiger partial charge in [-0.25, -0.2) is 4.79 Å². The molecule has 0 aromatic heterocycles. The van der Waals surface area contributed by atoms with Gasteiger partial charge in [0.05, 0.1) is 6.04 Å². The standard InChI is InChI=1S/C16H22BrNO2/c1-11-10-12(17)7-8-13(11)14-6-5-9-18(14)15(19)20-16(2,3)4/h7-8,10,14H,5-6,9H2,1-4H3. The first-order valence-corrected chi connectivity index (χ1v) is 7.83. The van der Waals surface area contributed by atoms with Crippen LogP contribution in [0.4, 0.5) is 4.79 Å². The largest absolute Gasteiger partial charge is 0.444 e. The van der Waals surface area contributed by atoms with Crippen LogP contribution in [0.5, 0.6) is 0 Å². The molecule has 0 spiro atoms. The number of likely N-dealkylation sites (tertiary alicyclic amines) is 1. The third kappa shape index (κ3) is 3.54. The fourth-order valence-electron chi connectivity index (χ4n) is 2.64. The first kappa shape index (κ1) is 15.4. The molecule has 0 bridgehead atoms. The van der Waals surface area contributed by atoms with Gasteiger partial charge in [0.2, 0.25) is 0 Å². The first-order valence-electron chi connectivity index (χ1n) is 7.03. The maximum atomic E-state index is 12.3. The van der Waals surface area contributed by atoms with E-state index in [-0.39, 0.29) is 12.1 Å². The Balaban J connectivity index is 2.21. The Hall–Kier alpha value is -1.03. The van der Waals surface area contributed by atoms with Crippen molar-refractivity contribution in [2.45, 2.75) is 52.2 Å². The highest BCUT2D eigenvalue weighted by Gasteiger charge is 2.33. The number of aryl methyl sites for hydroxylation is 1. The van der Waals surface area contributed by atoms with Crippen LogP contribution in [0.3, 0.4) is 0 Å². The number of hydrogen-bond donors (Lipinski definition) is 0. The molecule has 1 aliphatic rings. The molecule has 1 heterocycles. The lowest BCUT2D eigenvalue weighted by Crippen LogP contribution is -2.36. The molecule has 1 saturated heterocycles. The van der Waals surface area contributed by atoms with Gasteiger partial charge in [0.1, 0.15) is 5.60 Å². The molecule has 110 valence electrons. The van der Waals surface area contributed by atoms with Crippen molar-refractivity contribution < 1.29 is 9.53 Å². The second-order valence-corrected chi connectivity index (χ2v) is 7.25. The van der Waals surface area contributed by atoms with E-state index in [2.05, 4.69) is 35.0 Å².